The molecule has 0 spiro atoms. The monoisotopic (exact) mass is 379 g/mol. The average Bonchev–Trinajstić information content (AvgIpc) is 3.11. The number of hydrogen-bond acceptors (Lipinski definition) is 5. The molecule has 1 aliphatic rings. The highest BCUT2D eigenvalue weighted by Gasteiger charge is 2.17. The van der Waals surface area contributed by atoms with E-state index in [2.05, 4.69) is 34.1 Å². The number of benzene rings is 1. The Labute approximate surface area is 162 Å². The Kier molecular flexibility index (Phi) is 5.29. The van der Waals surface area contributed by atoms with Gasteiger partial charge in [0.15, 0.2) is 0 Å². The fourth-order valence-corrected chi connectivity index (χ4v) is 4.40. The van der Waals surface area contributed by atoms with Gasteiger partial charge in [-0.2, -0.15) is 0 Å². The molecule has 2 aromatic heterocycles. The predicted octanol–water partition coefficient (Wildman–Crippen LogP) is 3.88. The number of amides is 1. The van der Waals surface area contributed by atoms with Crippen molar-refractivity contribution >= 4 is 17.2 Å². The number of carbonyl (C=O) groups is 1. The molecule has 0 atom stereocenters. The van der Waals surface area contributed by atoms with Crippen molar-refractivity contribution < 1.29 is 10.0 Å². The molecule has 6 heteroatoms. The molecule has 0 saturated carbocycles. The number of fused-ring (bicyclic) bond motifs is 1. The van der Waals surface area contributed by atoms with Gasteiger partial charge in [-0.1, -0.05) is 18.2 Å². The minimum Gasteiger partial charge on any atom is -0.293 e. The summed E-state index contributed by atoms with van der Waals surface area (Å²) < 4.78 is 0. The van der Waals surface area contributed by atoms with E-state index in [0.29, 0.717) is 4.88 Å². The van der Waals surface area contributed by atoms with E-state index in [9.17, 15) is 4.79 Å². The van der Waals surface area contributed by atoms with Crippen LogP contribution in [0.15, 0.2) is 54.7 Å². The van der Waals surface area contributed by atoms with Gasteiger partial charge in [-0.15, -0.1) is 11.3 Å². The van der Waals surface area contributed by atoms with E-state index >= 15 is 0 Å². The first kappa shape index (κ1) is 17.9. The van der Waals surface area contributed by atoms with Crippen molar-refractivity contribution in [1.82, 2.24) is 15.4 Å². The van der Waals surface area contributed by atoms with Gasteiger partial charge in [0.2, 0.25) is 0 Å². The van der Waals surface area contributed by atoms with Crippen molar-refractivity contribution in [2.24, 2.45) is 0 Å². The van der Waals surface area contributed by atoms with Crippen molar-refractivity contribution in [3.8, 4) is 10.4 Å². The lowest BCUT2D eigenvalue weighted by Crippen LogP contribution is -2.23. The number of rotatable bonds is 4. The third kappa shape index (κ3) is 4.08. The van der Waals surface area contributed by atoms with E-state index in [1.165, 1.54) is 22.5 Å². The molecule has 0 saturated heterocycles. The molecular weight excluding hydrogens is 358 g/mol. The molecule has 4 rings (SSSR count). The van der Waals surface area contributed by atoms with Crippen LogP contribution in [-0.2, 0) is 19.5 Å². The van der Waals surface area contributed by atoms with Gasteiger partial charge in [-0.3, -0.25) is 19.9 Å². The summed E-state index contributed by atoms with van der Waals surface area (Å²) in [6.45, 7) is 2.81. The maximum Gasteiger partial charge on any atom is 0.284 e. The highest BCUT2D eigenvalue weighted by Crippen LogP contribution is 2.31. The number of nitrogens with zero attached hydrogens (tertiary/aromatic N) is 2. The molecule has 0 unspecified atom stereocenters. The number of pyridine rings is 1. The number of aromatic nitrogens is 1. The van der Waals surface area contributed by atoms with Crippen LogP contribution in [0.25, 0.3) is 10.4 Å². The van der Waals surface area contributed by atoms with Crippen LogP contribution in [-0.4, -0.2) is 27.5 Å². The molecule has 3 aromatic rings. The normalized spacial score (nSPS) is 14.4. The SMILES string of the molecule is O=C(NO)c1ccc(-c2ccc3c(c2)CN(Cc2ccccn2)CCC3)s1. The second kappa shape index (κ2) is 8.00. The number of hydroxylamine groups is 1. The molecule has 2 N–H and O–H groups in total. The van der Waals surface area contributed by atoms with E-state index in [-0.39, 0.29) is 0 Å². The fourth-order valence-electron chi connectivity index (χ4n) is 3.51. The van der Waals surface area contributed by atoms with E-state index in [4.69, 9.17) is 5.21 Å². The predicted molar refractivity (Wildman–Crippen MR) is 106 cm³/mol. The highest BCUT2D eigenvalue weighted by molar-refractivity contribution is 7.17. The zero-order chi connectivity index (χ0) is 18.6. The highest BCUT2D eigenvalue weighted by atomic mass is 32.1. The molecule has 5 nitrogen and oxygen atoms in total. The van der Waals surface area contributed by atoms with Crippen molar-refractivity contribution in [3.63, 3.8) is 0 Å². The first-order valence-electron chi connectivity index (χ1n) is 9.01. The molecule has 138 valence electrons. The second-order valence-corrected chi connectivity index (χ2v) is 7.81. The van der Waals surface area contributed by atoms with Crippen LogP contribution in [0, 0.1) is 0 Å². The Morgan fingerprint density at radius 1 is 1.19 bits per heavy atom. The summed E-state index contributed by atoms with van der Waals surface area (Å²) in [7, 11) is 0. The summed E-state index contributed by atoms with van der Waals surface area (Å²) in [5.41, 5.74) is 6.62. The molecule has 1 amide bonds. The standard InChI is InChI=1S/C21H21N3O2S/c25-21(23-26)20-9-8-19(27-20)16-7-6-15-4-3-11-24(13-17(15)12-16)14-18-5-1-2-10-22-18/h1-2,5-10,12,26H,3-4,11,13-14H2,(H,23,25). The number of aryl methyl sites for hydroxylation is 1. The first-order valence-corrected chi connectivity index (χ1v) is 9.83. The van der Waals surface area contributed by atoms with Crippen LogP contribution in [0.1, 0.15) is 32.9 Å². The van der Waals surface area contributed by atoms with Gasteiger partial charge in [-0.25, -0.2) is 5.48 Å². The topological polar surface area (TPSA) is 65.5 Å². The van der Waals surface area contributed by atoms with Crippen LogP contribution in [0.3, 0.4) is 0 Å². The van der Waals surface area contributed by atoms with Crippen LogP contribution in [0.5, 0.6) is 0 Å². The summed E-state index contributed by atoms with van der Waals surface area (Å²) in [6.07, 6.45) is 4.06. The lowest BCUT2D eigenvalue weighted by atomic mass is 10.0. The number of thiophene rings is 1. The van der Waals surface area contributed by atoms with Crippen LogP contribution >= 0.6 is 11.3 Å². The van der Waals surface area contributed by atoms with E-state index in [1.807, 2.05) is 24.4 Å². The Morgan fingerprint density at radius 2 is 2.11 bits per heavy atom. The lowest BCUT2D eigenvalue weighted by Gasteiger charge is -2.20. The quantitative estimate of drug-likeness (QED) is 0.533. The molecule has 0 fully saturated rings. The summed E-state index contributed by atoms with van der Waals surface area (Å²) in [5.74, 6) is -0.470. The van der Waals surface area contributed by atoms with Crippen molar-refractivity contribution in [1.29, 1.82) is 0 Å². The average molecular weight is 379 g/mol. The number of nitrogens with one attached hydrogen (secondary N) is 1. The number of hydrogen-bond donors (Lipinski definition) is 2. The Morgan fingerprint density at radius 3 is 2.93 bits per heavy atom. The molecule has 3 heterocycles. The minimum atomic E-state index is -0.470. The van der Waals surface area contributed by atoms with Gasteiger partial charge >= 0.3 is 0 Å². The zero-order valence-electron chi connectivity index (χ0n) is 14.9. The lowest BCUT2D eigenvalue weighted by molar-refractivity contribution is 0.0711. The van der Waals surface area contributed by atoms with E-state index < -0.39 is 5.91 Å². The summed E-state index contributed by atoms with van der Waals surface area (Å²) in [5, 5.41) is 8.80. The van der Waals surface area contributed by atoms with Gasteiger partial charge in [0.05, 0.1) is 10.6 Å². The Bertz CT molecular complexity index is 940. The third-order valence-electron chi connectivity index (χ3n) is 4.85. The maximum absolute atomic E-state index is 11.6. The third-order valence-corrected chi connectivity index (χ3v) is 5.98. The van der Waals surface area contributed by atoms with Crippen LogP contribution in [0.2, 0.25) is 0 Å². The zero-order valence-corrected chi connectivity index (χ0v) is 15.7. The van der Waals surface area contributed by atoms with E-state index in [0.717, 1.165) is 48.6 Å². The molecule has 1 aliphatic heterocycles. The molecule has 0 bridgehead atoms. The fraction of sp³-hybridized carbons (Fsp3) is 0.238. The minimum absolute atomic E-state index is 0.470. The molecule has 0 radical (unpaired) electrons. The summed E-state index contributed by atoms with van der Waals surface area (Å²) >= 11 is 1.38. The summed E-state index contributed by atoms with van der Waals surface area (Å²) in [4.78, 5) is 20.0. The van der Waals surface area contributed by atoms with Gasteiger partial charge in [0.25, 0.3) is 5.91 Å². The maximum atomic E-state index is 11.6. The van der Waals surface area contributed by atoms with Crippen molar-refractivity contribution in [2.45, 2.75) is 25.9 Å². The van der Waals surface area contributed by atoms with Gasteiger partial charge in [0, 0.05) is 24.2 Å². The van der Waals surface area contributed by atoms with Crippen molar-refractivity contribution in [3.05, 3.63) is 76.4 Å². The van der Waals surface area contributed by atoms with Crippen molar-refractivity contribution in [2.75, 3.05) is 6.54 Å². The van der Waals surface area contributed by atoms with Crippen LogP contribution in [0.4, 0.5) is 0 Å². The second-order valence-electron chi connectivity index (χ2n) is 6.72. The van der Waals surface area contributed by atoms with Gasteiger partial charge in [-0.05, 0) is 66.4 Å². The molecule has 1 aromatic carbocycles. The van der Waals surface area contributed by atoms with E-state index in [1.54, 1.807) is 11.5 Å². The van der Waals surface area contributed by atoms with Gasteiger partial charge < -0.3 is 0 Å². The Balaban J connectivity index is 1.57. The number of carbonyl (C=O) groups excluding carboxylic acids is 1. The Hall–Kier alpha value is -2.54. The van der Waals surface area contributed by atoms with Crippen LogP contribution < -0.4 is 5.48 Å². The largest absolute Gasteiger partial charge is 0.293 e. The molecular formula is C21H21N3O2S. The smallest absolute Gasteiger partial charge is 0.284 e. The molecule has 27 heavy (non-hydrogen) atoms. The summed E-state index contributed by atoms with van der Waals surface area (Å²) in [6, 6.07) is 16.3. The molecule has 0 aliphatic carbocycles. The van der Waals surface area contributed by atoms with Gasteiger partial charge in [0.1, 0.15) is 0 Å². The first-order chi connectivity index (χ1) is 13.2.